The first-order chi connectivity index (χ1) is 13.4. The number of halogens is 3. The van der Waals surface area contributed by atoms with E-state index in [1.54, 1.807) is 18.2 Å². The van der Waals surface area contributed by atoms with Crippen LogP contribution >= 0.6 is 11.6 Å². The Kier molecular flexibility index (Phi) is 6.67. The lowest BCUT2D eigenvalue weighted by molar-refractivity contribution is -0.0498. The van der Waals surface area contributed by atoms with Gasteiger partial charge in [0.15, 0.2) is 0 Å². The largest absolute Gasteiger partial charge is 0.435 e. The van der Waals surface area contributed by atoms with E-state index in [1.807, 2.05) is 11.8 Å². The number of amides is 1. The standard InChI is InChI=1S/C20H22ClF2N3O2/c1-13(14-6-5-7-16(10-14)28-20(22)23)25-18-17(21)11-15(12-24-18)19(27)26-8-3-2-4-9-26/h5-7,10-13,20H,2-4,8-9H2,1H3,(H,24,25). The van der Waals surface area contributed by atoms with Crippen molar-refractivity contribution in [2.75, 3.05) is 18.4 Å². The van der Waals surface area contributed by atoms with Crippen molar-refractivity contribution in [2.24, 2.45) is 0 Å². The minimum absolute atomic E-state index is 0.0643. The predicted molar refractivity (Wildman–Crippen MR) is 104 cm³/mol. The maximum absolute atomic E-state index is 12.6. The summed E-state index contributed by atoms with van der Waals surface area (Å²) >= 11 is 6.32. The van der Waals surface area contributed by atoms with E-state index in [0.29, 0.717) is 16.4 Å². The van der Waals surface area contributed by atoms with E-state index < -0.39 is 6.61 Å². The summed E-state index contributed by atoms with van der Waals surface area (Å²) in [6.45, 7) is 0.487. The van der Waals surface area contributed by atoms with Gasteiger partial charge in [-0.25, -0.2) is 4.98 Å². The van der Waals surface area contributed by atoms with Gasteiger partial charge in [-0.3, -0.25) is 4.79 Å². The summed E-state index contributed by atoms with van der Waals surface area (Å²) in [5.41, 5.74) is 1.20. The molecule has 2 aromatic rings. The van der Waals surface area contributed by atoms with Crippen molar-refractivity contribution in [3.63, 3.8) is 0 Å². The van der Waals surface area contributed by atoms with E-state index in [1.165, 1.54) is 18.3 Å². The number of rotatable bonds is 6. The van der Waals surface area contributed by atoms with Gasteiger partial charge in [-0.1, -0.05) is 23.7 Å². The van der Waals surface area contributed by atoms with Gasteiger partial charge in [0.1, 0.15) is 11.6 Å². The van der Waals surface area contributed by atoms with E-state index in [-0.39, 0.29) is 17.7 Å². The van der Waals surface area contributed by atoms with Crippen molar-refractivity contribution in [3.8, 4) is 5.75 Å². The fourth-order valence-electron chi connectivity index (χ4n) is 3.19. The topological polar surface area (TPSA) is 54.5 Å². The highest BCUT2D eigenvalue weighted by molar-refractivity contribution is 6.33. The molecule has 1 N–H and O–H groups in total. The molecule has 0 spiro atoms. The SMILES string of the molecule is CC(Nc1ncc(C(=O)N2CCCCC2)cc1Cl)c1cccc(OC(F)F)c1. The van der Waals surface area contributed by atoms with E-state index in [9.17, 15) is 13.6 Å². The number of aromatic nitrogens is 1. The third-order valence-electron chi connectivity index (χ3n) is 4.67. The molecule has 1 aromatic heterocycles. The number of carbonyl (C=O) groups excluding carboxylic acids is 1. The summed E-state index contributed by atoms with van der Waals surface area (Å²) in [4.78, 5) is 18.7. The maximum Gasteiger partial charge on any atom is 0.387 e. The normalized spacial score (nSPS) is 15.4. The summed E-state index contributed by atoms with van der Waals surface area (Å²) in [5.74, 6) is 0.442. The van der Waals surface area contributed by atoms with Crippen molar-refractivity contribution >= 4 is 23.3 Å². The highest BCUT2D eigenvalue weighted by Crippen LogP contribution is 2.27. The van der Waals surface area contributed by atoms with Crippen LogP contribution in [0.2, 0.25) is 5.02 Å². The minimum Gasteiger partial charge on any atom is -0.435 e. The number of piperidine rings is 1. The molecule has 1 aliphatic heterocycles. The lowest BCUT2D eigenvalue weighted by atomic mass is 10.1. The van der Waals surface area contributed by atoms with Crippen LogP contribution in [0.4, 0.5) is 14.6 Å². The van der Waals surface area contributed by atoms with Crippen molar-refractivity contribution < 1.29 is 18.3 Å². The molecule has 1 unspecified atom stereocenters. The Bertz CT molecular complexity index is 829. The monoisotopic (exact) mass is 409 g/mol. The number of nitrogens with zero attached hydrogens (tertiary/aromatic N) is 2. The smallest absolute Gasteiger partial charge is 0.387 e. The lowest BCUT2D eigenvalue weighted by Crippen LogP contribution is -2.35. The summed E-state index contributed by atoms with van der Waals surface area (Å²) < 4.78 is 29.2. The fourth-order valence-corrected chi connectivity index (χ4v) is 3.41. The second-order valence-corrected chi connectivity index (χ2v) is 7.13. The maximum atomic E-state index is 12.6. The average molecular weight is 410 g/mol. The number of hydrogen-bond donors (Lipinski definition) is 1. The molecular formula is C20H22ClF2N3O2. The average Bonchev–Trinajstić information content (AvgIpc) is 2.69. The molecule has 2 heterocycles. The molecule has 0 aliphatic carbocycles. The number of carbonyl (C=O) groups is 1. The van der Waals surface area contributed by atoms with E-state index in [2.05, 4.69) is 15.0 Å². The Morgan fingerprint density at radius 3 is 2.68 bits per heavy atom. The lowest BCUT2D eigenvalue weighted by Gasteiger charge is -2.26. The number of pyridine rings is 1. The number of hydrogen-bond acceptors (Lipinski definition) is 4. The summed E-state index contributed by atoms with van der Waals surface area (Å²) in [6, 6.07) is 7.78. The third-order valence-corrected chi connectivity index (χ3v) is 4.96. The second-order valence-electron chi connectivity index (χ2n) is 6.72. The number of likely N-dealkylation sites (tertiary alicyclic amines) is 1. The Morgan fingerprint density at radius 1 is 1.25 bits per heavy atom. The summed E-state index contributed by atoms with van der Waals surface area (Å²) in [5, 5.41) is 3.47. The van der Waals surface area contributed by atoms with Gasteiger partial charge in [0.05, 0.1) is 16.6 Å². The molecule has 1 aliphatic rings. The quantitative estimate of drug-likeness (QED) is 0.718. The van der Waals surface area contributed by atoms with Crippen molar-refractivity contribution in [1.29, 1.82) is 0 Å². The van der Waals surface area contributed by atoms with Crippen molar-refractivity contribution in [1.82, 2.24) is 9.88 Å². The van der Waals surface area contributed by atoms with Crippen LogP contribution in [0.15, 0.2) is 36.5 Å². The first-order valence-corrected chi connectivity index (χ1v) is 9.58. The Hall–Kier alpha value is -2.41. The van der Waals surface area contributed by atoms with Gasteiger partial charge < -0.3 is 15.0 Å². The molecule has 5 nitrogen and oxygen atoms in total. The molecule has 1 saturated heterocycles. The van der Waals surface area contributed by atoms with Crippen LogP contribution < -0.4 is 10.1 Å². The Labute approximate surface area is 167 Å². The molecule has 1 atom stereocenters. The molecule has 8 heteroatoms. The molecule has 1 aromatic carbocycles. The van der Waals surface area contributed by atoms with Gasteiger partial charge >= 0.3 is 6.61 Å². The molecule has 0 saturated carbocycles. The molecule has 3 rings (SSSR count). The van der Waals surface area contributed by atoms with Crippen molar-refractivity contribution in [2.45, 2.75) is 38.8 Å². The zero-order chi connectivity index (χ0) is 20.1. The Balaban J connectivity index is 1.69. The predicted octanol–water partition coefficient (Wildman–Crippen LogP) is 5.14. The van der Waals surface area contributed by atoms with Crippen LogP contribution in [0.5, 0.6) is 5.75 Å². The van der Waals surface area contributed by atoms with Crippen LogP contribution in [0.3, 0.4) is 0 Å². The molecule has 1 amide bonds. The molecule has 0 bridgehead atoms. The summed E-state index contributed by atoms with van der Waals surface area (Å²) in [6.07, 6.45) is 4.68. The van der Waals surface area contributed by atoms with Gasteiger partial charge in [-0.05, 0) is 49.9 Å². The molecule has 0 radical (unpaired) electrons. The Morgan fingerprint density at radius 2 is 2.00 bits per heavy atom. The number of alkyl halides is 2. The molecule has 1 fully saturated rings. The van der Waals surface area contributed by atoms with Crippen LogP contribution in [0.1, 0.15) is 48.1 Å². The van der Waals surface area contributed by atoms with Crippen LogP contribution in [-0.2, 0) is 0 Å². The van der Waals surface area contributed by atoms with Crippen molar-refractivity contribution in [3.05, 3.63) is 52.7 Å². The van der Waals surface area contributed by atoms with E-state index >= 15 is 0 Å². The second kappa shape index (κ2) is 9.19. The van der Waals surface area contributed by atoms with E-state index in [0.717, 1.165) is 37.9 Å². The van der Waals surface area contributed by atoms with Gasteiger partial charge in [0, 0.05) is 19.3 Å². The van der Waals surface area contributed by atoms with Gasteiger partial charge in [0.25, 0.3) is 5.91 Å². The zero-order valence-electron chi connectivity index (χ0n) is 15.5. The third kappa shape index (κ3) is 5.10. The fraction of sp³-hybridized carbons (Fsp3) is 0.400. The van der Waals surface area contributed by atoms with Gasteiger partial charge in [-0.2, -0.15) is 8.78 Å². The molecule has 150 valence electrons. The first kappa shape index (κ1) is 20.3. The van der Waals surface area contributed by atoms with E-state index in [4.69, 9.17) is 11.6 Å². The number of anilines is 1. The number of benzene rings is 1. The molecule has 28 heavy (non-hydrogen) atoms. The van der Waals surface area contributed by atoms with Gasteiger partial charge in [-0.15, -0.1) is 0 Å². The highest BCUT2D eigenvalue weighted by Gasteiger charge is 2.20. The highest BCUT2D eigenvalue weighted by atomic mass is 35.5. The van der Waals surface area contributed by atoms with Crippen LogP contribution in [0.25, 0.3) is 0 Å². The van der Waals surface area contributed by atoms with Gasteiger partial charge in [0.2, 0.25) is 0 Å². The van der Waals surface area contributed by atoms with Crippen LogP contribution in [-0.4, -0.2) is 35.5 Å². The van der Waals surface area contributed by atoms with Crippen LogP contribution in [0, 0.1) is 0 Å². The number of nitrogens with one attached hydrogen (secondary N) is 1. The zero-order valence-corrected chi connectivity index (χ0v) is 16.3. The first-order valence-electron chi connectivity index (χ1n) is 9.20. The summed E-state index contributed by atoms with van der Waals surface area (Å²) in [7, 11) is 0. The minimum atomic E-state index is -2.88. The molecular weight excluding hydrogens is 388 g/mol. The number of ether oxygens (including phenoxy) is 1.